The minimum Gasteiger partial charge on any atom is -0.343 e. The molecule has 5 heteroatoms. The van der Waals surface area contributed by atoms with Crippen molar-refractivity contribution in [1.82, 2.24) is 9.80 Å². The summed E-state index contributed by atoms with van der Waals surface area (Å²) >= 11 is 0. The van der Waals surface area contributed by atoms with Gasteiger partial charge in [0.25, 0.3) is 0 Å². The van der Waals surface area contributed by atoms with E-state index >= 15 is 0 Å². The molecular formula is C21H33N3O2. The van der Waals surface area contributed by atoms with E-state index in [1.165, 1.54) is 11.1 Å². The number of anilines is 1. The van der Waals surface area contributed by atoms with Gasteiger partial charge in [-0.1, -0.05) is 6.07 Å². The molecule has 1 heterocycles. The first kappa shape index (κ1) is 20.4. The maximum Gasteiger partial charge on any atom is 0.241 e. The summed E-state index contributed by atoms with van der Waals surface area (Å²) in [6.45, 7) is 13.2. The van der Waals surface area contributed by atoms with Gasteiger partial charge in [-0.2, -0.15) is 0 Å². The van der Waals surface area contributed by atoms with E-state index in [0.717, 1.165) is 44.7 Å². The predicted molar refractivity (Wildman–Crippen MR) is 106 cm³/mol. The van der Waals surface area contributed by atoms with Crippen molar-refractivity contribution in [1.29, 1.82) is 0 Å². The van der Waals surface area contributed by atoms with Gasteiger partial charge in [0.15, 0.2) is 0 Å². The lowest BCUT2D eigenvalue weighted by Crippen LogP contribution is -2.48. The third kappa shape index (κ3) is 4.85. The van der Waals surface area contributed by atoms with Gasteiger partial charge in [0.2, 0.25) is 11.8 Å². The minimum atomic E-state index is -0.193. The van der Waals surface area contributed by atoms with Crippen LogP contribution in [0, 0.1) is 19.8 Å². The van der Waals surface area contributed by atoms with Crippen LogP contribution in [0.15, 0.2) is 18.2 Å². The number of piperidine rings is 1. The van der Waals surface area contributed by atoms with E-state index in [0.29, 0.717) is 0 Å². The molecule has 1 atom stereocenters. The van der Waals surface area contributed by atoms with Crippen molar-refractivity contribution in [2.75, 3.05) is 31.5 Å². The maximum absolute atomic E-state index is 12.6. The van der Waals surface area contributed by atoms with E-state index in [1.54, 1.807) is 0 Å². The van der Waals surface area contributed by atoms with Crippen LogP contribution in [-0.2, 0) is 9.59 Å². The topological polar surface area (TPSA) is 52.7 Å². The summed E-state index contributed by atoms with van der Waals surface area (Å²) < 4.78 is 0. The Bertz CT molecular complexity index is 632. The van der Waals surface area contributed by atoms with Crippen LogP contribution in [0.4, 0.5) is 5.69 Å². The number of rotatable bonds is 6. The highest BCUT2D eigenvalue weighted by atomic mass is 16.2. The molecule has 0 aromatic heterocycles. The molecule has 1 aliphatic heterocycles. The fraction of sp³-hybridized carbons (Fsp3) is 0.619. The van der Waals surface area contributed by atoms with E-state index in [4.69, 9.17) is 0 Å². The van der Waals surface area contributed by atoms with Crippen molar-refractivity contribution in [2.45, 2.75) is 53.5 Å². The summed E-state index contributed by atoms with van der Waals surface area (Å²) in [5.41, 5.74) is 3.23. The summed E-state index contributed by atoms with van der Waals surface area (Å²) in [4.78, 5) is 29.2. The molecule has 1 N–H and O–H groups in total. The molecule has 26 heavy (non-hydrogen) atoms. The number of nitrogens with one attached hydrogen (secondary N) is 1. The Morgan fingerprint density at radius 3 is 2.31 bits per heavy atom. The fourth-order valence-electron chi connectivity index (χ4n) is 3.56. The first-order valence-electron chi connectivity index (χ1n) is 9.78. The maximum atomic E-state index is 12.6. The van der Waals surface area contributed by atoms with Gasteiger partial charge < -0.3 is 10.2 Å². The Labute approximate surface area is 157 Å². The van der Waals surface area contributed by atoms with Crippen LogP contribution in [0.1, 0.15) is 44.7 Å². The standard InChI is InChI=1S/C21H33N3O2/c1-6-23(7-2)21(26)18-10-12-24(13-11-18)17(5)20(25)22-19-9-8-15(3)16(4)14-19/h8-9,14,17-18H,6-7,10-13H2,1-5H3,(H,22,25). The van der Waals surface area contributed by atoms with Crippen molar-refractivity contribution >= 4 is 17.5 Å². The van der Waals surface area contributed by atoms with E-state index < -0.39 is 0 Å². The van der Waals surface area contributed by atoms with Crippen LogP contribution in [0.3, 0.4) is 0 Å². The molecule has 0 saturated carbocycles. The number of carbonyl (C=O) groups is 2. The first-order valence-corrected chi connectivity index (χ1v) is 9.78. The van der Waals surface area contributed by atoms with Crippen molar-refractivity contribution in [3.05, 3.63) is 29.3 Å². The molecule has 1 aromatic rings. The zero-order chi connectivity index (χ0) is 19.3. The van der Waals surface area contributed by atoms with E-state index in [-0.39, 0.29) is 23.8 Å². The van der Waals surface area contributed by atoms with Crippen molar-refractivity contribution < 1.29 is 9.59 Å². The summed E-state index contributed by atoms with van der Waals surface area (Å²) in [6.07, 6.45) is 1.66. The highest BCUT2D eigenvalue weighted by Gasteiger charge is 2.31. The van der Waals surface area contributed by atoms with Crippen LogP contribution in [-0.4, -0.2) is 53.8 Å². The van der Waals surface area contributed by atoms with Gasteiger partial charge >= 0.3 is 0 Å². The van der Waals surface area contributed by atoms with Gasteiger partial charge in [-0.15, -0.1) is 0 Å². The predicted octanol–water partition coefficient (Wildman–Crippen LogP) is 3.21. The Morgan fingerprint density at radius 2 is 1.77 bits per heavy atom. The SMILES string of the molecule is CCN(CC)C(=O)C1CCN(C(C)C(=O)Nc2ccc(C)c(C)c2)CC1. The van der Waals surface area contributed by atoms with Gasteiger partial charge in [0, 0.05) is 24.7 Å². The molecule has 0 radical (unpaired) electrons. The summed E-state index contributed by atoms with van der Waals surface area (Å²) in [6, 6.07) is 5.79. The Kier molecular flexibility index (Phi) is 7.21. The second-order valence-electron chi connectivity index (χ2n) is 7.29. The molecule has 2 amide bonds. The number of benzene rings is 1. The van der Waals surface area contributed by atoms with Gasteiger partial charge in [-0.05, 0) is 83.8 Å². The minimum absolute atomic E-state index is 0.0155. The van der Waals surface area contributed by atoms with E-state index in [2.05, 4.69) is 17.1 Å². The number of aryl methyl sites for hydroxylation is 2. The molecule has 1 aromatic carbocycles. The molecule has 144 valence electrons. The Hall–Kier alpha value is -1.88. The number of hydrogen-bond acceptors (Lipinski definition) is 3. The molecule has 1 saturated heterocycles. The largest absolute Gasteiger partial charge is 0.343 e. The number of carbonyl (C=O) groups excluding carboxylic acids is 2. The molecule has 1 fully saturated rings. The fourth-order valence-corrected chi connectivity index (χ4v) is 3.56. The number of likely N-dealkylation sites (tertiary alicyclic amines) is 1. The average molecular weight is 360 g/mol. The third-order valence-corrected chi connectivity index (χ3v) is 5.66. The van der Waals surface area contributed by atoms with Crippen LogP contribution >= 0.6 is 0 Å². The molecule has 0 bridgehead atoms. The quantitative estimate of drug-likeness (QED) is 0.848. The molecule has 5 nitrogen and oxygen atoms in total. The monoisotopic (exact) mass is 359 g/mol. The van der Waals surface area contributed by atoms with Crippen LogP contribution in [0.25, 0.3) is 0 Å². The van der Waals surface area contributed by atoms with Gasteiger partial charge in [-0.25, -0.2) is 0 Å². The normalized spacial score (nSPS) is 17.0. The Morgan fingerprint density at radius 1 is 1.15 bits per heavy atom. The van der Waals surface area contributed by atoms with Crippen LogP contribution in [0.2, 0.25) is 0 Å². The lowest BCUT2D eigenvalue weighted by molar-refractivity contribution is -0.137. The number of nitrogens with zero attached hydrogens (tertiary/aromatic N) is 2. The van der Waals surface area contributed by atoms with E-state index in [1.807, 2.05) is 50.8 Å². The number of amides is 2. The second-order valence-corrected chi connectivity index (χ2v) is 7.29. The summed E-state index contributed by atoms with van der Waals surface area (Å²) in [7, 11) is 0. The van der Waals surface area contributed by atoms with Gasteiger partial charge in [0.1, 0.15) is 0 Å². The zero-order valence-corrected chi connectivity index (χ0v) is 16.8. The van der Waals surface area contributed by atoms with E-state index in [9.17, 15) is 9.59 Å². The van der Waals surface area contributed by atoms with Crippen molar-refractivity contribution in [2.24, 2.45) is 5.92 Å². The smallest absolute Gasteiger partial charge is 0.241 e. The lowest BCUT2D eigenvalue weighted by atomic mass is 9.94. The summed E-state index contributed by atoms with van der Waals surface area (Å²) in [5, 5.41) is 3.02. The highest BCUT2D eigenvalue weighted by Crippen LogP contribution is 2.22. The number of hydrogen-bond donors (Lipinski definition) is 1. The first-order chi connectivity index (χ1) is 12.4. The van der Waals surface area contributed by atoms with Crippen LogP contribution < -0.4 is 5.32 Å². The molecular weight excluding hydrogens is 326 g/mol. The van der Waals surface area contributed by atoms with Gasteiger partial charge in [-0.3, -0.25) is 14.5 Å². The second kappa shape index (κ2) is 9.17. The highest BCUT2D eigenvalue weighted by molar-refractivity contribution is 5.94. The summed E-state index contributed by atoms with van der Waals surface area (Å²) in [5.74, 6) is 0.379. The molecule has 2 rings (SSSR count). The zero-order valence-electron chi connectivity index (χ0n) is 16.8. The van der Waals surface area contributed by atoms with Crippen molar-refractivity contribution in [3.8, 4) is 0 Å². The third-order valence-electron chi connectivity index (χ3n) is 5.66. The average Bonchev–Trinajstić information content (AvgIpc) is 2.65. The molecule has 1 aliphatic rings. The molecule has 0 spiro atoms. The van der Waals surface area contributed by atoms with Crippen LogP contribution in [0.5, 0.6) is 0 Å². The lowest BCUT2D eigenvalue weighted by Gasteiger charge is -2.36. The van der Waals surface area contributed by atoms with Crippen molar-refractivity contribution in [3.63, 3.8) is 0 Å². The van der Waals surface area contributed by atoms with Gasteiger partial charge in [0.05, 0.1) is 6.04 Å². The molecule has 1 unspecified atom stereocenters. The molecule has 0 aliphatic carbocycles. The Balaban J connectivity index is 1.89.